The summed E-state index contributed by atoms with van der Waals surface area (Å²) in [6.45, 7) is -0.475. The molecule has 1 aliphatic heterocycles. The highest BCUT2D eigenvalue weighted by molar-refractivity contribution is 6.37. The van der Waals surface area contributed by atoms with Gasteiger partial charge in [-0.3, -0.25) is 19.3 Å². The molecule has 0 fully saturated rings. The summed E-state index contributed by atoms with van der Waals surface area (Å²) in [7, 11) is 0. The Morgan fingerprint density at radius 2 is 1.35 bits per heavy atom. The first-order valence-corrected chi connectivity index (χ1v) is 11.7. The molecule has 4 aromatic rings. The van der Waals surface area contributed by atoms with Crippen LogP contribution in [0, 0.1) is 0 Å². The molecule has 0 atom stereocenters. The first-order chi connectivity index (χ1) is 18.0. The highest BCUT2D eigenvalue weighted by Gasteiger charge is 2.28. The molecule has 0 saturated heterocycles. The van der Waals surface area contributed by atoms with Gasteiger partial charge >= 0.3 is 5.97 Å². The summed E-state index contributed by atoms with van der Waals surface area (Å²) >= 11 is 0. The quantitative estimate of drug-likeness (QED) is 0.304. The van der Waals surface area contributed by atoms with E-state index in [0.717, 1.165) is 16.8 Å². The fourth-order valence-corrected chi connectivity index (χ4v) is 4.27. The number of carbonyl (C=O) groups excluding carboxylic acids is 2. The standard InChI is InChI=1S/C30H23N3O4/c34-26(35)19-33(30(37)21-11-5-2-6-12-21)23-17-15-22(16-18-23)31-28(20-9-3-1-4-10-20)27-24-13-7-8-14-25(24)32-29(27)36/h1-18,31H,19H2,(H,32,36)(H,34,35). The van der Waals surface area contributed by atoms with Crippen LogP contribution in [-0.2, 0) is 9.59 Å². The number of nitrogens with zero attached hydrogens (tertiary/aromatic N) is 1. The Morgan fingerprint density at radius 1 is 0.757 bits per heavy atom. The number of hydrogen-bond donors (Lipinski definition) is 3. The predicted molar refractivity (Wildman–Crippen MR) is 144 cm³/mol. The lowest BCUT2D eigenvalue weighted by Gasteiger charge is -2.22. The van der Waals surface area contributed by atoms with Crippen molar-refractivity contribution < 1.29 is 19.5 Å². The largest absolute Gasteiger partial charge is 0.480 e. The van der Waals surface area contributed by atoms with Crippen LogP contribution in [0.1, 0.15) is 21.5 Å². The smallest absolute Gasteiger partial charge is 0.323 e. The van der Waals surface area contributed by atoms with Crippen LogP contribution in [0.3, 0.4) is 0 Å². The van der Waals surface area contributed by atoms with Gasteiger partial charge in [0.2, 0.25) is 0 Å². The number of carboxylic acids is 1. The van der Waals surface area contributed by atoms with Crippen LogP contribution >= 0.6 is 0 Å². The molecule has 0 unspecified atom stereocenters. The van der Waals surface area contributed by atoms with Crippen LogP contribution < -0.4 is 15.5 Å². The second-order valence-electron chi connectivity index (χ2n) is 8.44. The number of fused-ring (bicyclic) bond motifs is 1. The highest BCUT2D eigenvalue weighted by atomic mass is 16.4. The summed E-state index contributed by atoms with van der Waals surface area (Å²) in [5, 5.41) is 15.7. The molecule has 0 radical (unpaired) electrons. The molecular weight excluding hydrogens is 466 g/mol. The van der Waals surface area contributed by atoms with E-state index < -0.39 is 18.4 Å². The maximum Gasteiger partial charge on any atom is 0.323 e. The van der Waals surface area contributed by atoms with Gasteiger partial charge in [-0.1, -0.05) is 66.7 Å². The molecule has 3 N–H and O–H groups in total. The van der Waals surface area contributed by atoms with Crippen molar-refractivity contribution in [3.63, 3.8) is 0 Å². The van der Waals surface area contributed by atoms with Crippen LogP contribution in [0.2, 0.25) is 0 Å². The Balaban J connectivity index is 1.50. The number of benzene rings is 4. The molecule has 0 aromatic heterocycles. The minimum Gasteiger partial charge on any atom is -0.480 e. The van der Waals surface area contributed by atoms with E-state index in [9.17, 15) is 19.5 Å². The highest BCUT2D eigenvalue weighted by Crippen LogP contribution is 2.37. The number of carbonyl (C=O) groups is 3. The van der Waals surface area contributed by atoms with Crippen molar-refractivity contribution in [2.45, 2.75) is 0 Å². The van der Waals surface area contributed by atoms with E-state index in [1.54, 1.807) is 54.6 Å². The lowest BCUT2D eigenvalue weighted by Crippen LogP contribution is -2.35. The number of anilines is 3. The van der Waals surface area contributed by atoms with Crippen molar-refractivity contribution >= 4 is 46.1 Å². The van der Waals surface area contributed by atoms with Crippen molar-refractivity contribution in [3.05, 3.63) is 126 Å². The maximum atomic E-state index is 13.1. The lowest BCUT2D eigenvalue weighted by molar-refractivity contribution is -0.135. The van der Waals surface area contributed by atoms with Gasteiger partial charge in [0.1, 0.15) is 6.54 Å². The van der Waals surface area contributed by atoms with Crippen molar-refractivity contribution in [2.24, 2.45) is 0 Å². The second-order valence-corrected chi connectivity index (χ2v) is 8.44. The number of aliphatic carboxylic acids is 1. The average molecular weight is 490 g/mol. The summed E-state index contributed by atoms with van der Waals surface area (Å²) < 4.78 is 0. The van der Waals surface area contributed by atoms with Gasteiger partial charge in [-0.15, -0.1) is 0 Å². The van der Waals surface area contributed by atoms with E-state index in [-0.39, 0.29) is 5.91 Å². The average Bonchev–Trinajstić information content (AvgIpc) is 3.26. The third kappa shape index (κ3) is 4.97. The van der Waals surface area contributed by atoms with Crippen LogP contribution in [-0.4, -0.2) is 29.4 Å². The molecule has 0 bridgehead atoms. The summed E-state index contributed by atoms with van der Waals surface area (Å²) in [5.41, 5.74) is 5.06. The van der Waals surface area contributed by atoms with Gasteiger partial charge in [0.15, 0.2) is 0 Å². The normalized spacial score (nSPS) is 13.4. The topological polar surface area (TPSA) is 98.7 Å². The molecule has 37 heavy (non-hydrogen) atoms. The monoisotopic (exact) mass is 489 g/mol. The van der Waals surface area contributed by atoms with E-state index in [1.165, 1.54) is 4.90 Å². The number of amides is 2. The molecule has 0 aliphatic carbocycles. The van der Waals surface area contributed by atoms with E-state index in [4.69, 9.17) is 0 Å². The fourth-order valence-electron chi connectivity index (χ4n) is 4.27. The maximum absolute atomic E-state index is 13.1. The van der Waals surface area contributed by atoms with Gasteiger partial charge in [-0.25, -0.2) is 0 Å². The minimum absolute atomic E-state index is 0.203. The number of para-hydroxylation sites is 1. The molecule has 1 heterocycles. The Morgan fingerprint density at radius 3 is 2.00 bits per heavy atom. The van der Waals surface area contributed by atoms with Gasteiger partial charge in [0.05, 0.1) is 11.3 Å². The third-order valence-electron chi connectivity index (χ3n) is 5.99. The lowest BCUT2D eigenvalue weighted by atomic mass is 10.00. The number of rotatable bonds is 7. The zero-order valence-electron chi connectivity index (χ0n) is 19.7. The van der Waals surface area contributed by atoms with Gasteiger partial charge in [-0.05, 0) is 48.0 Å². The van der Waals surface area contributed by atoms with Crippen molar-refractivity contribution in [1.82, 2.24) is 0 Å². The number of nitrogens with one attached hydrogen (secondary N) is 2. The van der Waals surface area contributed by atoms with Crippen molar-refractivity contribution in [2.75, 3.05) is 22.1 Å². The second kappa shape index (κ2) is 10.2. The van der Waals surface area contributed by atoms with Gasteiger partial charge < -0.3 is 15.7 Å². The zero-order valence-corrected chi connectivity index (χ0v) is 19.7. The summed E-state index contributed by atoms with van der Waals surface area (Å²) in [5.74, 6) is -1.73. The third-order valence-corrected chi connectivity index (χ3v) is 5.99. The van der Waals surface area contributed by atoms with Crippen LogP contribution in [0.4, 0.5) is 17.1 Å². The Hall–Kier alpha value is -5.17. The molecule has 7 heteroatoms. The first-order valence-electron chi connectivity index (χ1n) is 11.7. The molecule has 0 spiro atoms. The summed E-state index contributed by atoms with van der Waals surface area (Å²) in [6, 6.07) is 32.5. The van der Waals surface area contributed by atoms with E-state index in [0.29, 0.717) is 28.2 Å². The Kier molecular flexibility index (Phi) is 6.50. The molecular formula is C30H23N3O4. The molecule has 7 nitrogen and oxygen atoms in total. The van der Waals surface area contributed by atoms with Crippen LogP contribution in [0.15, 0.2) is 109 Å². The molecule has 182 valence electrons. The molecule has 0 saturated carbocycles. The van der Waals surface area contributed by atoms with Crippen LogP contribution in [0.25, 0.3) is 11.3 Å². The Bertz CT molecular complexity index is 1500. The van der Waals surface area contributed by atoms with Gasteiger partial charge in [-0.2, -0.15) is 0 Å². The summed E-state index contributed by atoms with van der Waals surface area (Å²) in [6.07, 6.45) is 0. The van der Waals surface area contributed by atoms with Crippen molar-refractivity contribution in [1.29, 1.82) is 0 Å². The molecule has 1 aliphatic rings. The van der Waals surface area contributed by atoms with E-state index in [1.807, 2.05) is 54.6 Å². The Labute approximate surface area is 213 Å². The van der Waals surface area contributed by atoms with E-state index in [2.05, 4.69) is 10.6 Å². The molecule has 2 amide bonds. The predicted octanol–water partition coefficient (Wildman–Crippen LogP) is 5.35. The number of hydrogen-bond acceptors (Lipinski definition) is 4. The van der Waals surface area contributed by atoms with Gasteiger partial charge in [0.25, 0.3) is 11.8 Å². The van der Waals surface area contributed by atoms with Crippen LogP contribution in [0.5, 0.6) is 0 Å². The zero-order chi connectivity index (χ0) is 25.8. The van der Waals surface area contributed by atoms with Crippen molar-refractivity contribution in [3.8, 4) is 0 Å². The van der Waals surface area contributed by atoms with E-state index >= 15 is 0 Å². The van der Waals surface area contributed by atoms with Gasteiger partial charge in [0, 0.05) is 28.2 Å². The number of carboxylic acid groups (broad SMARTS) is 1. The fraction of sp³-hybridized carbons (Fsp3) is 0.0333. The summed E-state index contributed by atoms with van der Waals surface area (Å²) in [4.78, 5) is 38.8. The minimum atomic E-state index is -1.12. The first kappa shape index (κ1) is 23.6. The molecule has 4 aromatic carbocycles. The molecule has 5 rings (SSSR count). The SMILES string of the molecule is O=C(O)CN(C(=O)c1ccccc1)c1ccc(NC(=C2C(=O)Nc3ccccc32)c2ccccc2)cc1.